The molecule has 4 rings (SSSR count). The molecule has 27 heavy (non-hydrogen) atoms. The Morgan fingerprint density at radius 2 is 2.19 bits per heavy atom. The van der Waals surface area contributed by atoms with Crippen LogP contribution in [-0.2, 0) is 6.42 Å². The first-order valence-corrected chi connectivity index (χ1v) is 9.45. The number of carbonyl (C=O) groups excluding carboxylic acids is 1. The molecule has 0 spiro atoms. The molecule has 1 fully saturated rings. The minimum Gasteiger partial charge on any atom is -0.497 e. The lowest BCUT2D eigenvalue weighted by molar-refractivity contribution is 0.0949. The van der Waals surface area contributed by atoms with Crippen LogP contribution < -0.4 is 10.1 Å². The maximum atomic E-state index is 12.3. The molecule has 8 nitrogen and oxygen atoms in total. The van der Waals surface area contributed by atoms with Crippen LogP contribution in [0.4, 0.5) is 0 Å². The molecule has 8 heteroatoms. The molecule has 1 amide bonds. The molecule has 0 bridgehead atoms. The fraction of sp³-hybridized carbons (Fsp3) is 0.474. The molecule has 0 saturated heterocycles. The van der Waals surface area contributed by atoms with Gasteiger partial charge in [0.25, 0.3) is 5.91 Å². The summed E-state index contributed by atoms with van der Waals surface area (Å²) in [6, 6.07) is 6.08. The maximum absolute atomic E-state index is 12.3. The first-order valence-electron chi connectivity index (χ1n) is 9.45. The van der Waals surface area contributed by atoms with Gasteiger partial charge < -0.3 is 15.0 Å². The van der Waals surface area contributed by atoms with Gasteiger partial charge in [0.1, 0.15) is 11.6 Å². The zero-order chi connectivity index (χ0) is 18.6. The topological polar surface area (TPSA) is 97.7 Å². The Hall–Kier alpha value is -2.90. The predicted octanol–water partition coefficient (Wildman–Crippen LogP) is 2.64. The summed E-state index contributed by atoms with van der Waals surface area (Å²) in [5, 5.41) is 11.1. The smallest absolute Gasteiger partial charge is 0.273 e. The number of rotatable bonds is 6. The number of nitrogens with zero attached hydrogens (tertiary/aromatic N) is 4. The predicted molar refractivity (Wildman–Crippen MR) is 101 cm³/mol. The molecule has 0 aliphatic heterocycles. The fourth-order valence-electron chi connectivity index (χ4n) is 3.58. The van der Waals surface area contributed by atoms with Crippen LogP contribution in [0.15, 0.2) is 24.4 Å². The Morgan fingerprint density at radius 1 is 1.33 bits per heavy atom. The molecule has 142 valence electrons. The summed E-state index contributed by atoms with van der Waals surface area (Å²) in [6.07, 6.45) is 8.32. The van der Waals surface area contributed by atoms with Crippen LogP contribution in [0.1, 0.15) is 54.5 Å². The summed E-state index contributed by atoms with van der Waals surface area (Å²) in [5.74, 6) is 1.41. The second kappa shape index (κ2) is 7.77. The van der Waals surface area contributed by atoms with E-state index in [4.69, 9.17) is 4.74 Å². The molecule has 3 aromatic rings. The first-order chi connectivity index (χ1) is 13.2. The molecule has 2 heterocycles. The van der Waals surface area contributed by atoms with Crippen LogP contribution >= 0.6 is 0 Å². The van der Waals surface area contributed by atoms with Gasteiger partial charge in [-0.05, 0) is 25.0 Å². The Bertz CT molecular complexity index is 925. The van der Waals surface area contributed by atoms with Crippen molar-refractivity contribution in [3.05, 3.63) is 35.9 Å². The summed E-state index contributed by atoms with van der Waals surface area (Å²) < 4.78 is 7.07. The van der Waals surface area contributed by atoms with Crippen LogP contribution in [0.5, 0.6) is 5.75 Å². The van der Waals surface area contributed by atoms with Gasteiger partial charge in [0.2, 0.25) is 0 Å². The van der Waals surface area contributed by atoms with Gasteiger partial charge in [0.05, 0.1) is 30.4 Å². The number of amides is 1. The highest BCUT2D eigenvalue weighted by atomic mass is 16.5. The summed E-state index contributed by atoms with van der Waals surface area (Å²) >= 11 is 0. The van der Waals surface area contributed by atoms with Gasteiger partial charge >= 0.3 is 0 Å². The van der Waals surface area contributed by atoms with Crippen molar-refractivity contribution in [3.8, 4) is 5.75 Å². The first kappa shape index (κ1) is 17.5. The monoisotopic (exact) mass is 368 g/mol. The number of hydrogen-bond donors (Lipinski definition) is 2. The Kier molecular flexibility index (Phi) is 5.04. The van der Waals surface area contributed by atoms with Gasteiger partial charge in [-0.3, -0.25) is 4.79 Å². The molecule has 0 unspecified atom stereocenters. The standard InChI is InChI=1S/C19H24N6O2/c1-27-14-7-8-15-16(11-14)22-18(21-15)9-10-20-19(26)17-12-25(24-23-17)13-5-3-2-4-6-13/h7-8,11-13H,2-6,9-10H2,1H3,(H,20,26)(H,21,22). The van der Waals surface area contributed by atoms with E-state index in [9.17, 15) is 4.79 Å². The van der Waals surface area contributed by atoms with Crippen LogP contribution in [0.2, 0.25) is 0 Å². The minimum atomic E-state index is -0.199. The van der Waals surface area contributed by atoms with E-state index in [0.29, 0.717) is 24.7 Å². The molecular weight excluding hydrogens is 344 g/mol. The fourth-order valence-corrected chi connectivity index (χ4v) is 3.58. The van der Waals surface area contributed by atoms with Gasteiger partial charge in [-0.15, -0.1) is 5.10 Å². The average Bonchev–Trinajstić information content (AvgIpc) is 3.35. The van der Waals surface area contributed by atoms with E-state index in [-0.39, 0.29) is 5.91 Å². The zero-order valence-corrected chi connectivity index (χ0v) is 15.4. The third-order valence-electron chi connectivity index (χ3n) is 5.08. The summed E-state index contributed by atoms with van der Waals surface area (Å²) in [5.41, 5.74) is 2.17. The lowest BCUT2D eigenvalue weighted by Gasteiger charge is -2.20. The number of aromatic amines is 1. The number of carbonyl (C=O) groups is 1. The Balaban J connectivity index is 1.32. The van der Waals surface area contributed by atoms with E-state index in [2.05, 4.69) is 25.6 Å². The number of imidazole rings is 1. The summed E-state index contributed by atoms with van der Waals surface area (Å²) in [4.78, 5) is 20.1. The number of benzene rings is 1. The zero-order valence-electron chi connectivity index (χ0n) is 15.4. The highest BCUT2D eigenvalue weighted by Crippen LogP contribution is 2.27. The van der Waals surface area contributed by atoms with Gasteiger partial charge in [0.15, 0.2) is 5.69 Å². The van der Waals surface area contributed by atoms with E-state index in [1.54, 1.807) is 13.3 Å². The van der Waals surface area contributed by atoms with Gasteiger partial charge in [-0.1, -0.05) is 24.5 Å². The van der Waals surface area contributed by atoms with Crippen molar-refractivity contribution in [1.82, 2.24) is 30.3 Å². The van der Waals surface area contributed by atoms with Crippen molar-refractivity contribution in [2.45, 2.75) is 44.6 Å². The van der Waals surface area contributed by atoms with Crippen molar-refractivity contribution in [1.29, 1.82) is 0 Å². The molecule has 2 aromatic heterocycles. The van der Waals surface area contributed by atoms with Gasteiger partial charge in [-0.25, -0.2) is 9.67 Å². The van der Waals surface area contributed by atoms with Crippen molar-refractivity contribution >= 4 is 16.9 Å². The molecular formula is C19H24N6O2. The van der Waals surface area contributed by atoms with Crippen LogP contribution in [-0.4, -0.2) is 44.5 Å². The van der Waals surface area contributed by atoms with Crippen molar-refractivity contribution in [2.24, 2.45) is 0 Å². The van der Waals surface area contributed by atoms with Gasteiger partial charge in [0, 0.05) is 19.0 Å². The number of methoxy groups -OCH3 is 1. The molecule has 1 aliphatic carbocycles. The van der Waals surface area contributed by atoms with Crippen molar-refractivity contribution < 1.29 is 9.53 Å². The summed E-state index contributed by atoms with van der Waals surface area (Å²) in [7, 11) is 1.64. The molecule has 1 saturated carbocycles. The number of fused-ring (bicyclic) bond motifs is 1. The van der Waals surface area contributed by atoms with Crippen molar-refractivity contribution in [3.63, 3.8) is 0 Å². The van der Waals surface area contributed by atoms with Crippen LogP contribution in [0.3, 0.4) is 0 Å². The number of hydrogen-bond acceptors (Lipinski definition) is 5. The second-order valence-electron chi connectivity index (χ2n) is 6.95. The largest absolute Gasteiger partial charge is 0.497 e. The number of aromatic nitrogens is 5. The average molecular weight is 368 g/mol. The van der Waals surface area contributed by atoms with Crippen LogP contribution in [0.25, 0.3) is 11.0 Å². The Morgan fingerprint density at radius 3 is 3.00 bits per heavy atom. The highest BCUT2D eigenvalue weighted by molar-refractivity contribution is 5.91. The van der Waals surface area contributed by atoms with E-state index in [1.807, 2.05) is 22.9 Å². The number of H-pyrrole nitrogens is 1. The molecule has 1 aliphatic rings. The summed E-state index contributed by atoms with van der Waals surface area (Å²) in [6.45, 7) is 0.478. The van der Waals surface area contributed by atoms with Crippen LogP contribution in [0, 0.1) is 0 Å². The van der Waals surface area contributed by atoms with Crippen molar-refractivity contribution in [2.75, 3.05) is 13.7 Å². The second-order valence-corrected chi connectivity index (χ2v) is 6.95. The van der Waals surface area contributed by atoms with Gasteiger partial charge in [-0.2, -0.15) is 0 Å². The van der Waals surface area contributed by atoms with E-state index >= 15 is 0 Å². The number of ether oxygens (including phenoxy) is 1. The maximum Gasteiger partial charge on any atom is 0.273 e. The SMILES string of the molecule is COc1ccc2nc(CCNC(=O)c3cn(C4CCCCC4)nn3)[nH]c2c1. The lowest BCUT2D eigenvalue weighted by Crippen LogP contribution is -2.26. The Labute approximate surface area is 157 Å². The molecule has 1 aromatic carbocycles. The third-order valence-corrected chi connectivity index (χ3v) is 5.08. The quantitative estimate of drug-likeness (QED) is 0.697. The van der Waals surface area contributed by atoms with E-state index < -0.39 is 0 Å². The highest BCUT2D eigenvalue weighted by Gasteiger charge is 2.18. The molecule has 0 atom stereocenters. The lowest BCUT2D eigenvalue weighted by atomic mass is 9.96. The third kappa shape index (κ3) is 3.94. The van der Waals surface area contributed by atoms with E-state index in [0.717, 1.165) is 35.4 Å². The normalized spacial score (nSPS) is 15.1. The van der Waals surface area contributed by atoms with E-state index in [1.165, 1.54) is 19.3 Å². The molecule has 2 N–H and O–H groups in total. The molecule has 0 radical (unpaired) electrons. The minimum absolute atomic E-state index is 0.199. The number of nitrogens with one attached hydrogen (secondary N) is 2.